The van der Waals surface area contributed by atoms with E-state index in [2.05, 4.69) is 45.6 Å². The van der Waals surface area contributed by atoms with Crippen molar-refractivity contribution in [2.75, 3.05) is 51.0 Å². The number of aliphatic hydroxyl groups excluding tert-OH is 1. The maximum atomic E-state index is 17.4. The van der Waals surface area contributed by atoms with E-state index in [0.29, 0.717) is 18.5 Å². The highest BCUT2D eigenvalue weighted by molar-refractivity contribution is 6.28. The van der Waals surface area contributed by atoms with Gasteiger partial charge in [0, 0.05) is 60.4 Å². The highest BCUT2D eigenvalue weighted by atomic mass is 19.1. The number of carbonyl (C=O) groups excluding carboxylic acids is 9. The van der Waals surface area contributed by atoms with Crippen LogP contribution in [0.4, 0.5) is 18.9 Å². The fraction of sp³-hybridized carbons (Fsp3) is 0.443. The van der Waals surface area contributed by atoms with E-state index in [4.69, 9.17) is 24.4 Å². The Morgan fingerprint density at radius 1 is 0.826 bits per heavy atom. The lowest BCUT2D eigenvalue weighted by Gasteiger charge is -2.63. The molecule has 8 atom stereocenters. The molecule has 7 amide bonds. The topological polar surface area (TPSA) is 311 Å². The molecule has 4 aliphatic carbocycles. The number of alkyl halides is 2. The number of halogens is 3. The van der Waals surface area contributed by atoms with E-state index in [9.17, 15) is 57.4 Å². The van der Waals surface area contributed by atoms with Crippen LogP contribution in [0.1, 0.15) is 76.8 Å². The minimum Gasteiger partial charge on any atom is -0.493 e. The number of aliphatic hydroxyl groups is 1. The highest BCUT2D eigenvalue weighted by Crippen LogP contribution is 2.70. The van der Waals surface area contributed by atoms with Gasteiger partial charge in [-0.05, 0) is 107 Å². The molecule has 3 fully saturated rings. The number of Topliss-reactive ketones (excluding diaryl/α,β-unsaturated/α-hetero) is 1. The summed E-state index contributed by atoms with van der Waals surface area (Å²) >= 11 is 0. The summed E-state index contributed by atoms with van der Waals surface area (Å²) in [4.78, 5) is 131. The molecule has 25 heteroatoms. The lowest BCUT2D eigenvalue weighted by Crippen LogP contribution is -2.70. The van der Waals surface area contributed by atoms with Crippen LogP contribution in [-0.2, 0) is 64.0 Å². The van der Waals surface area contributed by atoms with Gasteiger partial charge in [-0.3, -0.25) is 47.9 Å². The summed E-state index contributed by atoms with van der Waals surface area (Å²) in [5.41, 5.74) is -4.74. The van der Waals surface area contributed by atoms with Gasteiger partial charge in [0.25, 0.3) is 11.8 Å². The number of anilines is 1. The van der Waals surface area contributed by atoms with Gasteiger partial charge in [-0.1, -0.05) is 61.0 Å². The van der Waals surface area contributed by atoms with Gasteiger partial charge in [0.05, 0.1) is 38.0 Å². The van der Waals surface area contributed by atoms with E-state index < -0.39 is 106 Å². The first-order chi connectivity index (χ1) is 40.9. The van der Waals surface area contributed by atoms with Crippen LogP contribution < -0.4 is 41.1 Å². The predicted octanol–water partition coefficient (Wildman–Crippen LogP) is 4.25. The second kappa shape index (κ2) is 30.0. The zero-order valence-electron chi connectivity index (χ0n) is 48.0. The van der Waals surface area contributed by atoms with Crippen LogP contribution in [-0.4, -0.2) is 139 Å². The van der Waals surface area contributed by atoms with Crippen LogP contribution in [0.3, 0.4) is 0 Å². The fourth-order valence-corrected chi connectivity index (χ4v) is 11.7. The Labute approximate surface area is 494 Å². The number of aliphatic carboxylic acids is 1. The molecule has 0 aromatic heterocycles. The molecule has 3 saturated carbocycles. The summed E-state index contributed by atoms with van der Waals surface area (Å²) < 4.78 is 57.9. The Hall–Kier alpha value is -8.55. The molecule has 3 aromatic rings. The van der Waals surface area contributed by atoms with Gasteiger partial charge >= 0.3 is 5.97 Å². The molecule has 6 unspecified atom stereocenters. The first kappa shape index (κ1) is 66.6. The zero-order chi connectivity index (χ0) is 62.8. The number of amides is 7. The molecule has 0 saturated heterocycles. The average molecular weight is 1200 g/mol. The molecule has 8 rings (SSSR count). The second-order valence-corrected chi connectivity index (χ2v) is 21.5. The van der Waals surface area contributed by atoms with Gasteiger partial charge in [-0.2, -0.15) is 4.89 Å². The number of nitrogens with one attached hydrogen (secondary N) is 5. The Balaban J connectivity index is 0.000000247. The first-order valence-electron chi connectivity index (χ1n) is 27.9. The molecular weight excluding hydrogens is 1130 g/mol. The van der Waals surface area contributed by atoms with Crippen LogP contribution in [0, 0.1) is 35.4 Å². The third-order valence-corrected chi connectivity index (χ3v) is 16.0. The van der Waals surface area contributed by atoms with Crippen molar-refractivity contribution in [1.29, 1.82) is 0 Å². The summed E-state index contributed by atoms with van der Waals surface area (Å²) in [7, 11) is 0. The summed E-state index contributed by atoms with van der Waals surface area (Å²) in [6, 6.07) is 20.0. The lowest BCUT2D eigenvalue weighted by molar-refractivity contribution is -0.323. The molecule has 5 aliphatic rings. The van der Waals surface area contributed by atoms with Gasteiger partial charge in [0.2, 0.25) is 30.0 Å². The maximum Gasteiger partial charge on any atom is 0.303 e. The molecule has 1 aliphatic heterocycles. The molecule has 22 nitrogen and oxygen atoms in total. The first-order valence-corrected chi connectivity index (χ1v) is 27.9. The van der Waals surface area contributed by atoms with Gasteiger partial charge < -0.3 is 51.2 Å². The highest BCUT2D eigenvalue weighted by Gasteiger charge is 2.76. The van der Waals surface area contributed by atoms with Gasteiger partial charge in [-0.15, -0.1) is 0 Å². The third-order valence-electron chi connectivity index (χ3n) is 16.0. The number of allylic oxidation sites excluding steroid dienone is 4. The molecule has 86 heavy (non-hydrogen) atoms. The normalized spacial score (nSPS) is 24.8. The van der Waals surface area contributed by atoms with Crippen molar-refractivity contribution in [1.82, 2.24) is 26.6 Å². The van der Waals surface area contributed by atoms with E-state index in [1.165, 1.54) is 55.0 Å². The van der Waals surface area contributed by atoms with Crippen molar-refractivity contribution >= 4 is 65.1 Å². The Bertz CT molecular complexity index is 3090. The summed E-state index contributed by atoms with van der Waals surface area (Å²) in [6.07, 6.45) is 3.09. The van der Waals surface area contributed by atoms with Crippen LogP contribution in [0.5, 0.6) is 11.5 Å². The number of hydrogen-bond acceptors (Lipinski definition) is 15. The largest absolute Gasteiger partial charge is 0.493 e. The molecular formula is C61H71F3N6O16. The Morgan fingerprint density at radius 3 is 2.10 bits per heavy atom. The smallest absolute Gasteiger partial charge is 0.303 e. The number of likely N-dealkylation sites (N-methyl/N-ethyl adjacent to an activating group) is 1. The molecule has 7 N–H and O–H groups in total. The standard InChI is InChI=1S/C29H32F3NO7.C25H31N5O9.C7H8/c1-26-8-6-18(35)11-22(26)23(31)12-21-20-7-9-28(25(37)14-38-16-33-15-34,27(20,2)13-24(36)29(21,26)32)40-39-19-5-3-4-17(30)10-19;1-2-26-20(32)13-28-22(34)15-29-21(33)14-27-19(31)8-6-16-5-7-17(30-23(35)9-10-24(30)36)12-18(16)39-11-3-4-25(37)38;1-7-5-3-2-4-6-7/h3-6,8,10-11,15,20-21,23-24,36H,7,9,12-14,16H2,1-2H3,(H,33,34);5,7,9-10,12H,2-4,6,8,11,13-15H2,1H3,(H,26,32)(H,27,31)(H,28,34)(H,29,33)(H,37,38);2-6H,1H3/t20?,21?,23-,24?,26?,27?,28?,29-;;/m0../s1. The number of aryl methyl sites for hydroxylation is 2. The fourth-order valence-electron chi connectivity index (χ4n) is 11.7. The third kappa shape index (κ3) is 15.8. The summed E-state index contributed by atoms with van der Waals surface area (Å²) in [5.74, 6) is -6.98. The summed E-state index contributed by atoms with van der Waals surface area (Å²) in [6.45, 7) is 5.79. The quantitative estimate of drug-likeness (QED) is 0.0156. The van der Waals surface area contributed by atoms with Crippen molar-refractivity contribution in [3.63, 3.8) is 0 Å². The number of ketones is 2. The van der Waals surface area contributed by atoms with Crippen LogP contribution in [0.2, 0.25) is 0 Å². The van der Waals surface area contributed by atoms with Gasteiger partial charge in [-0.25, -0.2) is 18.1 Å². The number of carbonyl (C=O) groups is 10. The second-order valence-electron chi connectivity index (χ2n) is 21.5. The predicted molar refractivity (Wildman–Crippen MR) is 302 cm³/mol. The minimum atomic E-state index is -2.32. The minimum absolute atomic E-state index is 0.00325. The SMILES string of the molecule is CC12CC(O)[C@@]3(F)C(C[C@H](F)C4=CC(=O)C=CC43C)C1CCC2(OOc1cccc(F)c1)C(=O)COCNC=O.CCNC(=O)CNC(=O)CNC(=O)CNC(=O)CCc1ccc(N2C(=O)C=CC2=O)cc1OCCCC(=O)O.Cc1ccccc1. The van der Waals surface area contributed by atoms with Crippen molar-refractivity contribution in [2.24, 2.45) is 22.7 Å². The molecule has 0 radical (unpaired) electrons. The van der Waals surface area contributed by atoms with Gasteiger partial charge in [0.15, 0.2) is 28.6 Å². The number of carboxylic acids is 1. The number of benzene rings is 3. The van der Waals surface area contributed by atoms with E-state index in [0.717, 1.165) is 29.2 Å². The molecule has 3 aromatic carbocycles. The Kier molecular flexibility index (Phi) is 23.2. The van der Waals surface area contributed by atoms with E-state index in [1.54, 1.807) is 19.9 Å². The number of ether oxygens (including phenoxy) is 2. The van der Waals surface area contributed by atoms with Crippen molar-refractivity contribution in [3.8, 4) is 11.5 Å². The number of hydrogen-bond donors (Lipinski definition) is 7. The zero-order valence-corrected chi connectivity index (χ0v) is 48.0. The number of carboxylic acid groups (broad SMARTS) is 1. The number of fused-ring (bicyclic) bond motifs is 5. The van der Waals surface area contributed by atoms with Crippen LogP contribution in [0.25, 0.3) is 0 Å². The van der Waals surface area contributed by atoms with Crippen molar-refractivity contribution in [3.05, 3.63) is 126 Å². The molecule has 462 valence electrons. The number of imide groups is 1. The maximum absolute atomic E-state index is 17.4. The Morgan fingerprint density at radius 2 is 1.49 bits per heavy atom. The van der Waals surface area contributed by atoms with Crippen molar-refractivity contribution < 1.29 is 90.6 Å². The van der Waals surface area contributed by atoms with E-state index in [-0.39, 0.29) is 113 Å². The monoisotopic (exact) mass is 1200 g/mol. The average Bonchev–Trinajstić information content (AvgIpc) is 1.25. The lowest BCUT2D eigenvalue weighted by atomic mass is 9.44. The number of nitrogens with zero attached hydrogens (tertiary/aromatic N) is 1. The van der Waals surface area contributed by atoms with E-state index >= 15 is 8.78 Å². The van der Waals surface area contributed by atoms with Crippen LogP contribution >= 0.6 is 0 Å². The molecule has 0 bridgehead atoms. The van der Waals surface area contributed by atoms with Gasteiger partial charge in [0.1, 0.15) is 31.1 Å². The van der Waals surface area contributed by atoms with Crippen LogP contribution in [0.15, 0.2) is 109 Å². The molecule has 1 heterocycles. The number of rotatable bonds is 25. The van der Waals surface area contributed by atoms with E-state index in [1.807, 2.05) is 18.2 Å². The molecule has 0 spiro atoms. The summed E-state index contributed by atoms with van der Waals surface area (Å²) in [5, 5.41) is 32.3. The van der Waals surface area contributed by atoms with Crippen molar-refractivity contribution in [2.45, 2.75) is 103 Å².